The van der Waals surface area contributed by atoms with Crippen LogP contribution in [-0.2, 0) is 19.9 Å². The summed E-state index contributed by atoms with van der Waals surface area (Å²) in [5.74, 6) is 0. The van der Waals surface area contributed by atoms with Crippen LogP contribution >= 0.6 is 11.3 Å². The second-order valence-corrected chi connectivity index (χ2v) is 9.79. The summed E-state index contributed by atoms with van der Waals surface area (Å²) in [6.45, 7) is 1.12. The van der Waals surface area contributed by atoms with Crippen molar-refractivity contribution in [1.29, 1.82) is 0 Å². The molecule has 1 aliphatic rings. The Bertz CT molecular complexity index is 765. The lowest BCUT2D eigenvalue weighted by atomic mass is 10.1. The maximum absolute atomic E-state index is 12.3. The van der Waals surface area contributed by atoms with E-state index >= 15 is 0 Å². The van der Waals surface area contributed by atoms with E-state index in [-0.39, 0.29) is 20.4 Å². The molecule has 19 heavy (non-hydrogen) atoms. The van der Waals surface area contributed by atoms with Gasteiger partial charge >= 0.3 is 0 Å². The van der Waals surface area contributed by atoms with E-state index in [1.54, 1.807) is 0 Å². The third kappa shape index (κ3) is 2.57. The lowest BCUT2D eigenvalue weighted by molar-refractivity contribution is 0.477. The Labute approximate surface area is 119 Å². The third-order valence-electron chi connectivity index (χ3n) is 3.03. The molecule has 0 amide bonds. The molecule has 1 aromatic rings. The van der Waals surface area contributed by atoms with Gasteiger partial charge in [0.2, 0.25) is 10.0 Å². The minimum atomic E-state index is -4.00. The average Bonchev–Trinajstić information content (AvgIpc) is 2.69. The van der Waals surface area contributed by atoms with Crippen LogP contribution in [0.1, 0.15) is 34.6 Å². The Balaban J connectivity index is 2.61. The number of fused-ring (bicyclic) bond motifs is 1. The van der Waals surface area contributed by atoms with Crippen molar-refractivity contribution in [1.82, 2.24) is 5.32 Å². The minimum absolute atomic E-state index is 0.0491. The van der Waals surface area contributed by atoms with Gasteiger partial charge in [-0.3, -0.25) is 0 Å². The number of thiophene rings is 1. The van der Waals surface area contributed by atoms with Crippen LogP contribution in [0.3, 0.4) is 0 Å². The van der Waals surface area contributed by atoms with Gasteiger partial charge in [-0.05, 0) is 25.9 Å². The van der Waals surface area contributed by atoms with Crippen LogP contribution in [0.4, 0.5) is 0 Å². The van der Waals surface area contributed by atoms with Crippen LogP contribution in [0.25, 0.3) is 0 Å². The first kappa shape index (κ1) is 12.3. The molecule has 0 fully saturated rings. The normalized spacial score (nSPS) is 28.4. The standard InChI is InChI=1S/C10H16N2O4S3/c1-3-12-8-4-6(2)18(13,14)10-7(8)5-9(17-10)19(11,15)16/h5-6,8,12H,3-4H2,1-2H3,(H2,11,15,16)/t6-,8-/m0/s1/i3D2. The number of sulfonamides is 1. The van der Waals surface area contributed by atoms with Crippen molar-refractivity contribution in [2.45, 2.75) is 40.0 Å². The molecule has 2 atom stereocenters. The quantitative estimate of drug-likeness (QED) is 0.846. The van der Waals surface area contributed by atoms with Crippen molar-refractivity contribution in [3.8, 4) is 0 Å². The van der Waals surface area contributed by atoms with Crippen LogP contribution in [0.15, 0.2) is 14.5 Å². The second-order valence-electron chi connectivity index (χ2n) is 4.39. The van der Waals surface area contributed by atoms with Crippen molar-refractivity contribution >= 4 is 31.2 Å². The lowest BCUT2D eigenvalue weighted by Gasteiger charge is -2.27. The molecule has 1 aliphatic heterocycles. The SMILES string of the molecule is [2H]C([2H])(C)N[C@H]1C[C@H](C)S(=O)(=O)c2sc(S(N)(=O)=O)cc21. The largest absolute Gasteiger partial charge is 0.310 e. The van der Waals surface area contributed by atoms with E-state index in [1.165, 1.54) is 19.9 Å². The fraction of sp³-hybridized carbons (Fsp3) is 0.600. The molecule has 0 aliphatic carbocycles. The van der Waals surface area contributed by atoms with Gasteiger partial charge in [0, 0.05) is 14.3 Å². The van der Waals surface area contributed by atoms with E-state index in [1.807, 2.05) is 0 Å². The molecule has 2 rings (SSSR count). The summed E-state index contributed by atoms with van der Waals surface area (Å²) in [5, 5.41) is 7.02. The van der Waals surface area contributed by atoms with Gasteiger partial charge in [0.25, 0.3) is 0 Å². The van der Waals surface area contributed by atoms with Gasteiger partial charge in [0.1, 0.15) is 8.42 Å². The summed E-state index contributed by atoms with van der Waals surface area (Å²) < 4.78 is 62.3. The zero-order valence-electron chi connectivity index (χ0n) is 12.4. The predicted octanol–water partition coefficient (Wildman–Crippen LogP) is 0.612. The highest BCUT2D eigenvalue weighted by molar-refractivity contribution is 7.95. The molecule has 0 bridgehead atoms. The number of nitrogens with two attached hydrogens (primary N) is 1. The predicted molar refractivity (Wildman–Crippen MR) is 73.4 cm³/mol. The zero-order valence-corrected chi connectivity index (χ0v) is 12.8. The van der Waals surface area contributed by atoms with Crippen molar-refractivity contribution in [2.75, 3.05) is 6.50 Å². The summed E-state index contributed by atoms with van der Waals surface area (Å²) in [4.78, 5) is 0. The van der Waals surface area contributed by atoms with E-state index in [4.69, 9.17) is 7.88 Å². The van der Waals surface area contributed by atoms with Crippen molar-refractivity contribution in [3.63, 3.8) is 0 Å². The Kier molecular flexibility index (Phi) is 3.11. The van der Waals surface area contributed by atoms with Gasteiger partial charge in [-0.15, -0.1) is 11.3 Å². The summed E-state index contributed by atoms with van der Waals surface area (Å²) >= 11 is 0.619. The monoisotopic (exact) mass is 326 g/mol. The third-order valence-corrected chi connectivity index (χ3v) is 8.35. The van der Waals surface area contributed by atoms with E-state index in [0.717, 1.165) is 0 Å². The summed E-state index contributed by atoms with van der Waals surface area (Å²) in [7, 11) is -7.61. The maximum Gasteiger partial charge on any atom is 0.247 e. The highest BCUT2D eigenvalue weighted by Gasteiger charge is 2.39. The van der Waals surface area contributed by atoms with Crippen LogP contribution in [0.2, 0.25) is 0 Å². The van der Waals surface area contributed by atoms with Crippen molar-refractivity contribution < 1.29 is 19.6 Å². The van der Waals surface area contributed by atoms with Gasteiger partial charge < -0.3 is 5.32 Å². The topological polar surface area (TPSA) is 106 Å². The van der Waals surface area contributed by atoms with E-state index in [9.17, 15) is 16.8 Å². The first-order chi connectivity index (χ1) is 9.32. The lowest BCUT2D eigenvalue weighted by Crippen LogP contribution is -2.33. The van der Waals surface area contributed by atoms with Crippen molar-refractivity contribution in [3.05, 3.63) is 11.6 Å². The van der Waals surface area contributed by atoms with Gasteiger partial charge in [-0.25, -0.2) is 22.0 Å². The molecule has 2 heterocycles. The van der Waals surface area contributed by atoms with E-state index in [2.05, 4.69) is 5.32 Å². The number of sulfone groups is 1. The molecule has 0 aromatic carbocycles. The molecule has 0 saturated heterocycles. The molecule has 0 saturated carbocycles. The van der Waals surface area contributed by atoms with Gasteiger partial charge in [-0.2, -0.15) is 0 Å². The molecule has 0 radical (unpaired) electrons. The summed E-state index contributed by atoms with van der Waals surface area (Å²) in [6, 6.07) is 0.646. The molecular weight excluding hydrogens is 308 g/mol. The molecule has 108 valence electrons. The number of nitrogens with one attached hydrogen (secondary N) is 1. The molecule has 0 spiro atoms. The van der Waals surface area contributed by atoms with Crippen LogP contribution in [0, 0.1) is 0 Å². The Hall–Kier alpha value is -0.480. The average molecular weight is 326 g/mol. The van der Waals surface area contributed by atoms with Crippen LogP contribution in [-0.4, -0.2) is 28.6 Å². The molecule has 6 nitrogen and oxygen atoms in total. The van der Waals surface area contributed by atoms with Gasteiger partial charge in [-0.1, -0.05) is 6.92 Å². The fourth-order valence-corrected chi connectivity index (χ4v) is 6.47. The van der Waals surface area contributed by atoms with E-state index < -0.39 is 37.6 Å². The number of primary sulfonamides is 1. The zero-order chi connectivity index (χ0) is 16.2. The smallest absolute Gasteiger partial charge is 0.247 e. The first-order valence-electron chi connectivity index (χ1n) is 6.50. The van der Waals surface area contributed by atoms with Gasteiger partial charge in [0.15, 0.2) is 9.84 Å². The maximum atomic E-state index is 12.3. The van der Waals surface area contributed by atoms with E-state index in [0.29, 0.717) is 11.3 Å². The summed E-state index contributed by atoms with van der Waals surface area (Å²) in [5.41, 5.74) is 0.271. The Morgan fingerprint density at radius 3 is 2.79 bits per heavy atom. The Morgan fingerprint density at radius 1 is 1.63 bits per heavy atom. The van der Waals surface area contributed by atoms with Crippen molar-refractivity contribution in [2.24, 2.45) is 5.14 Å². The first-order valence-corrected chi connectivity index (χ1v) is 9.41. The number of rotatable bonds is 3. The number of hydrogen-bond donors (Lipinski definition) is 2. The highest BCUT2D eigenvalue weighted by Crippen LogP contribution is 2.42. The van der Waals surface area contributed by atoms with Crippen LogP contribution < -0.4 is 10.5 Å². The van der Waals surface area contributed by atoms with Crippen LogP contribution in [0.5, 0.6) is 0 Å². The summed E-state index contributed by atoms with van der Waals surface area (Å²) in [6.07, 6.45) is 0.170. The number of hydrogen-bond acceptors (Lipinski definition) is 6. The fourth-order valence-electron chi connectivity index (χ4n) is 2.05. The molecular formula is C10H16N2O4S3. The van der Waals surface area contributed by atoms with Gasteiger partial charge in [0.05, 0.1) is 5.25 Å². The molecule has 1 aromatic heterocycles. The highest BCUT2D eigenvalue weighted by atomic mass is 32.3. The molecule has 9 heteroatoms. The minimum Gasteiger partial charge on any atom is -0.310 e. The second kappa shape index (κ2) is 4.81. The Morgan fingerprint density at radius 2 is 2.26 bits per heavy atom. The molecule has 0 unspecified atom stereocenters. The molecule has 3 N–H and O–H groups in total.